The van der Waals surface area contributed by atoms with Crippen molar-refractivity contribution in [2.75, 3.05) is 0 Å². The minimum absolute atomic E-state index is 0.176. The summed E-state index contributed by atoms with van der Waals surface area (Å²) in [5, 5.41) is 3.02. The molecule has 4 nitrogen and oxygen atoms in total. The van der Waals surface area contributed by atoms with Crippen LogP contribution in [0.4, 0.5) is 4.39 Å². The second kappa shape index (κ2) is 5.31. The molecule has 0 aliphatic rings. The fourth-order valence-electron chi connectivity index (χ4n) is 2.30. The Morgan fingerprint density at radius 2 is 1.81 bits per heavy atom. The lowest BCUT2D eigenvalue weighted by atomic mass is 10.1. The lowest BCUT2D eigenvalue weighted by Crippen LogP contribution is -2.22. The Labute approximate surface area is 123 Å². The first-order valence-corrected chi connectivity index (χ1v) is 6.83. The van der Waals surface area contributed by atoms with Crippen LogP contribution in [0.1, 0.15) is 39.0 Å². The molecule has 1 aromatic heterocycles. The summed E-state index contributed by atoms with van der Waals surface area (Å²) < 4.78 is 14.4. The number of rotatable bonds is 2. The Bertz CT molecular complexity index is 730. The van der Waals surface area contributed by atoms with Gasteiger partial charge in [-0.15, -0.1) is 0 Å². The van der Waals surface area contributed by atoms with Gasteiger partial charge in [0.1, 0.15) is 5.82 Å². The average molecular weight is 289 g/mol. The van der Waals surface area contributed by atoms with E-state index in [1.165, 1.54) is 16.8 Å². The Hall–Kier alpha value is -2.17. The molecule has 0 aliphatic carbocycles. The van der Waals surface area contributed by atoms with Gasteiger partial charge in [-0.3, -0.25) is 14.9 Å². The summed E-state index contributed by atoms with van der Waals surface area (Å²) >= 11 is 0. The number of aryl methyl sites for hydroxylation is 1. The number of H-pyrrole nitrogens is 1. The van der Waals surface area contributed by atoms with Gasteiger partial charge in [-0.25, -0.2) is 9.07 Å². The molecule has 1 N–H and O–H groups in total. The summed E-state index contributed by atoms with van der Waals surface area (Å²) in [6.07, 6.45) is 0. The van der Waals surface area contributed by atoms with Gasteiger partial charge in [-0.05, 0) is 58.9 Å². The highest BCUT2D eigenvalue weighted by atomic mass is 19.1. The minimum Gasteiger partial charge on any atom is -0.295 e. The number of nitrogens with one attached hydrogen (secondary N) is 1. The lowest BCUT2D eigenvalue weighted by molar-refractivity contribution is 0.583. The van der Waals surface area contributed by atoms with Crippen molar-refractivity contribution in [1.82, 2.24) is 9.78 Å². The minimum atomic E-state index is -0.333. The maximum atomic E-state index is 13.0. The van der Waals surface area contributed by atoms with Crippen molar-refractivity contribution in [2.24, 2.45) is 4.99 Å². The largest absolute Gasteiger partial charge is 0.295 e. The van der Waals surface area contributed by atoms with E-state index in [9.17, 15) is 9.18 Å². The van der Waals surface area contributed by atoms with Crippen molar-refractivity contribution < 1.29 is 4.39 Å². The van der Waals surface area contributed by atoms with E-state index >= 15 is 0 Å². The summed E-state index contributed by atoms with van der Waals surface area (Å²) in [4.78, 5) is 17.1. The van der Waals surface area contributed by atoms with Crippen LogP contribution in [0.3, 0.4) is 0 Å². The maximum absolute atomic E-state index is 13.0. The molecule has 0 saturated heterocycles. The topological polar surface area (TPSA) is 50.1 Å². The molecule has 1 aromatic carbocycles. The second-order valence-corrected chi connectivity index (χ2v) is 6.10. The van der Waals surface area contributed by atoms with Crippen molar-refractivity contribution in [1.29, 1.82) is 0 Å². The predicted molar refractivity (Wildman–Crippen MR) is 83.0 cm³/mol. The first-order valence-electron chi connectivity index (χ1n) is 6.83. The summed E-state index contributed by atoms with van der Waals surface area (Å²) in [6.45, 7) is 9.61. The van der Waals surface area contributed by atoms with E-state index < -0.39 is 0 Å². The van der Waals surface area contributed by atoms with E-state index in [0.717, 1.165) is 5.69 Å². The molecule has 2 aromatic rings. The molecule has 2 rings (SSSR count). The van der Waals surface area contributed by atoms with Crippen LogP contribution in [0.15, 0.2) is 34.1 Å². The highest BCUT2D eigenvalue weighted by molar-refractivity contribution is 5.99. The Balaban J connectivity index is 2.55. The summed E-state index contributed by atoms with van der Waals surface area (Å²) in [6, 6.07) is 5.78. The van der Waals surface area contributed by atoms with Crippen molar-refractivity contribution in [3.05, 3.63) is 51.7 Å². The number of aliphatic imine (C=N–C) groups is 1. The number of aromatic nitrogens is 2. The number of nitrogens with zero attached hydrogens (tertiary/aromatic N) is 2. The van der Waals surface area contributed by atoms with Gasteiger partial charge in [0, 0.05) is 11.4 Å². The average Bonchev–Trinajstić information content (AvgIpc) is 2.63. The standard InChI is InChI=1S/C16H20FN3O/c1-10(18-16(3,4)5)14-11(2)19-20(15(14)21)13-8-6-12(17)7-9-13/h6-9,19H,1-5H3. The summed E-state index contributed by atoms with van der Waals surface area (Å²) in [5.74, 6) is -0.333. The van der Waals surface area contributed by atoms with Gasteiger partial charge < -0.3 is 0 Å². The molecule has 0 radical (unpaired) electrons. The van der Waals surface area contributed by atoms with E-state index in [2.05, 4.69) is 10.1 Å². The summed E-state index contributed by atoms with van der Waals surface area (Å²) in [5.41, 5.74) is 2.18. The van der Waals surface area contributed by atoms with Gasteiger partial charge in [0.15, 0.2) is 0 Å². The molecule has 5 heteroatoms. The highest BCUT2D eigenvalue weighted by Gasteiger charge is 2.17. The van der Waals surface area contributed by atoms with Crippen LogP contribution in [-0.4, -0.2) is 21.0 Å². The first kappa shape index (κ1) is 15.2. The van der Waals surface area contributed by atoms with Crippen molar-refractivity contribution >= 4 is 5.71 Å². The number of hydrogen-bond acceptors (Lipinski definition) is 2. The van der Waals surface area contributed by atoms with Crippen LogP contribution in [0.25, 0.3) is 5.69 Å². The second-order valence-electron chi connectivity index (χ2n) is 6.10. The number of aromatic amines is 1. The quantitative estimate of drug-likeness (QED) is 0.848. The molecule has 0 fully saturated rings. The zero-order chi connectivity index (χ0) is 15.8. The number of hydrogen-bond donors (Lipinski definition) is 1. The molecule has 0 amide bonds. The smallest absolute Gasteiger partial charge is 0.280 e. The third-order valence-corrected chi connectivity index (χ3v) is 3.02. The van der Waals surface area contributed by atoms with Crippen molar-refractivity contribution in [2.45, 2.75) is 40.2 Å². The van der Waals surface area contributed by atoms with E-state index in [1.54, 1.807) is 12.1 Å². The molecule has 112 valence electrons. The monoisotopic (exact) mass is 289 g/mol. The van der Waals surface area contributed by atoms with Gasteiger partial charge in [0.05, 0.1) is 16.8 Å². The fourth-order valence-corrected chi connectivity index (χ4v) is 2.30. The molecule has 0 aliphatic heterocycles. The molecule has 0 spiro atoms. The molecule has 0 unspecified atom stereocenters. The van der Waals surface area contributed by atoms with Crippen LogP contribution >= 0.6 is 0 Å². The SMILES string of the molecule is CC(=NC(C)(C)C)c1c(C)[nH]n(-c2ccc(F)cc2)c1=O. The Kier molecular flexibility index (Phi) is 3.85. The van der Waals surface area contributed by atoms with E-state index in [4.69, 9.17) is 0 Å². The van der Waals surface area contributed by atoms with Crippen molar-refractivity contribution in [3.63, 3.8) is 0 Å². The molecule has 0 saturated carbocycles. The third-order valence-electron chi connectivity index (χ3n) is 3.02. The predicted octanol–water partition coefficient (Wildman–Crippen LogP) is 3.22. The van der Waals surface area contributed by atoms with Gasteiger partial charge in [-0.1, -0.05) is 0 Å². The Morgan fingerprint density at radius 1 is 1.24 bits per heavy atom. The third kappa shape index (κ3) is 3.29. The van der Waals surface area contributed by atoms with Crippen LogP contribution in [0, 0.1) is 12.7 Å². The molecular formula is C16H20FN3O. The molecule has 0 atom stereocenters. The number of halogens is 1. The molecule has 21 heavy (non-hydrogen) atoms. The zero-order valence-electron chi connectivity index (χ0n) is 13.0. The first-order chi connectivity index (χ1) is 9.69. The van der Waals surface area contributed by atoms with Crippen molar-refractivity contribution in [3.8, 4) is 5.69 Å². The fraction of sp³-hybridized carbons (Fsp3) is 0.375. The maximum Gasteiger partial charge on any atom is 0.280 e. The van der Waals surface area contributed by atoms with E-state index in [0.29, 0.717) is 17.0 Å². The van der Waals surface area contributed by atoms with Gasteiger partial charge in [0.25, 0.3) is 5.56 Å². The zero-order valence-corrected chi connectivity index (χ0v) is 13.0. The van der Waals surface area contributed by atoms with E-state index in [1.807, 2.05) is 34.6 Å². The van der Waals surface area contributed by atoms with E-state index in [-0.39, 0.29) is 16.9 Å². The van der Waals surface area contributed by atoms with Crippen LogP contribution in [0.5, 0.6) is 0 Å². The Morgan fingerprint density at radius 3 is 2.33 bits per heavy atom. The van der Waals surface area contributed by atoms with Gasteiger partial charge in [-0.2, -0.15) is 0 Å². The molecule has 0 bridgehead atoms. The van der Waals surface area contributed by atoms with Crippen LogP contribution in [-0.2, 0) is 0 Å². The van der Waals surface area contributed by atoms with Crippen LogP contribution in [0.2, 0.25) is 0 Å². The van der Waals surface area contributed by atoms with Gasteiger partial charge >= 0.3 is 0 Å². The number of benzene rings is 1. The van der Waals surface area contributed by atoms with Crippen LogP contribution < -0.4 is 5.56 Å². The lowest BCUT2D eigenvalue weighted by Gasteiger charge is -2.13. The van der Waals surface area contributed by atoms with Gasteiger partial charge in [0.2, 0.25) is 0 Å². The highest BCUT2D eigenvalue weighted by Crippen LogP contribution is 2.13. The molecule has 1 heterocycles. The normalized spacial score (nSPS) is 12.8. The molecular weight excluding hydrogens is 269 g/mol. The summed E-state index contributed by atoms with van der Waals surface area (Å²) in [7, 11) is 0.